The molecule has 0 heterocycles. The van der Waals surface area contributed by atoms with Crippen molar-refractivity contribution in [2.75, 3.05) is 0 Å². The fourth-order valence-corrected chi connectivity index (χ4v) is 0.564. The van der Waals surface area contributed by atoms with Gasteiger partial charge >= 0.3 is 5.97 Å². The summed E-state index contributed by atoms with van der Waals surface area (Å²) in [6.45, 7) is 5.04. The summed E-state index contributed by atoms with van der Waals surface area (Å²) in [6.07, 6.45) is 0. The van der Waals surface area contributed by atoms with E-state index in [9.17, 15) is 9.59 Å². The second-order valence-corrected chi connectivity index (χ2v) is 2.85. The Hall–Kier alpha value is -1.06. The van der Waals surface area contributed by atoms with Crippen molar-refractivity contribution in [1.29, 1.82) is 0 Å². The van der Waals surface area contributed by atoms with Gasteiger partial charge in [0.25, 0.3) is 0 Å². The SMILES string of the molecule is [CH2]OC(=O)[C@H](C)NC(=O)C(C)C. The van der Waals surface area contributed by atoms with E-state index in [-0.39, 0.29) is 11.8 Å². The van der Waals surface area contributed by atoms with Crippen molar-refractivity contribution in [3.63, 3.8) is 0 Å². The lowest BCUT2D eigenvalue weighted by Crippen LogP contribution is -2.40. The molecule has 0 aliphatic carbocycles. The summed E-state index contributed by atoms with van der Waals surface area (Å²) in [6, 6.07) is -0.627. The zero-order chi connectivity index (χ0) is 9.72. The first-order valence-corrected chi connectivity index (χ1v) is 3.75. The molecule has 0 aromatic rings. The lowest BCUT2D eigenvalue weighted by molar-refractivity contribution is -0.142. The largest absolute Gasteiger partial charge is 0.461 e. The minimum Gasteiger partial charge on any atom is -0.461 e. The summed E-state index contributed by atoms with van der Waals surface area (Å²) < 4.78 is 4.19. The van der Waals surface area contributed by atoms with Crippen LogP contribution in [0.2, 0.25) is 0 Å². The van der Waals surface area contributed by atoms with Crippen molar-refractivity contribution in [1.82, 2.24) is 5.32 Å². The number of esters is 1. The minimum atomic E-state index is -0.627. The summed E-state index contributed by atoms with van der Waals surface area (Å²) in [5, 5.41) is 2.48. The van der Waals surface area contributed by atoms with Gasteiger partial charge in [-0.2, -0.15) is 0 Å². The van der Waals surface area contributed by atoms with Crippen molar-refractivity contribution in [3.8, 4) is 0 Å². The van der Waals surface area contributed by atoms with E-state index in [2.05, 4.69) is 17.2 Å². The van der Waals surface area contributed by atoms with Gasteiger partial charge in [-0.05, 0) is 6.92 Å². The molecule has 4 heteroatoms. The molecule has 0 aromatic heterocycles. The molecule has 0 aliphatic heterocycles. The van der Waals surface area contributed by atoms with E-state index in [1.165, 1.54) is 0 Å². The number of carbonyl (C=O) groups excluding carboxylic acids is 2. The first-order chi connectivity index (χ1) is 5.49. The lowest BCUT2D eigenvalue weighted by Gasteiger charge is -2.12. The second-order valence-electron chi connectivity index (χ2n) is 2.85. The van der Waals surface area contributed by atoms with Crippen LogP contribution in [0.1, 0.15) is 20.8 Å². The van der Waals surface area contributed by atoms with E-state index in [1.807, 2.05) is 0 Å². The molecule has 4 nitrogen and oxygen atoms in total. The van der Waals surface area contributed by atoms with Gasteiger partial charge in [0.05, 0.1) is 0 Å². The zero-order valence-corrected chi connectivity index (χ0v) is 7.59. The molecule has 0 bridgehead atoms. The number of carbonyl (C=O) groups is 2. The van der Waals surface area contributed by atoms with Crippen LogP contribution in [0.5, 0.6) is 0 Å². The molecule has 0 saturated carbocycles. The van der Waals surface area contributed by atoms with Crippen LogP contribution in [0.25, 0.3) is 0 Å². The number of hydrogen-bond acceptors (Lipinski definition) is 3. The van der Waals surface area contributed by atoms with Crippen LogP contribution in [0, 0.1) is 13.0 Å². The zero-order valence-electron chi connectivity index (χ0n) is 7.59. The predicted molar refractivity (Wildman–Crippen MR) is 43.9 cm³/mol. The Labute approximate surface area is 72.3 Å². The quantitative estimate of drug-likeness (QED) is 0.630. The van der Waals surface area contributed by atoms with Crippen LogP contribution in [0.4, 0.5) is 0 Å². The molecule has 69 valence electrons. The molecule has 1 radical (unpaired) electrons. The van der Waals surface area contributed by atoms with Crippen molar-refractivity contribution >= 4 is 11.9 Å². The fourth-order valence-electron chi connectivity index (χ4n) is 0.564. The molecule has 0 spiro atoms. The lowest BCUT2D eigenvalue weighted by atomic mass is 10.2. The van der Waals surface area contributed by atoms with E-state index >= 15 is 0 Å². The van der Waals surface area contributed by atoms with Gasteiger partial charge in [-0.3, -0.25) is 4.79 Å². The molecule has 0 saturated heterocycles. The first-order valence-electron chi connectivity index (χ1n) is 3.75. The van der Waals surface area contributed by atoms with Crippen molar-refractivity contribution in [2.24, 2.45) is 5.92 Å². The Kier molecular flexibility index (Phi) is 4.33. The number of rotatable bonds is 3. The number of amides is 1. The monoisotopic (exact) mass is 172 g/mol. The highest BCUT2D eigenvalue weighted by Crippen LogP contribution is 1.94. The van der Waals surface area contributed by atoms with Gasteiger partial charge in [-0.25, -0.2) is 4.79 Å². The van der Waals surface area contributed by atoms with E-state index in [1.54, 1.807) is 20.8 Å². The average molecular weight is 172 g/mol. The smallest absolute Gasteiger partial charge is 0.328 e. The second kappa shape index (κ2) is 4.74. The van der Waals surface area contributed by atoms with Crippen LogP contribution >= 0.6 is 0 Å². The molecular formula is C8H14NO3. The fraction of sp³-hybridized carbons (Fsp3) is 0.625. The molecule has 0 fully saturated rings. The highest BCUT2D eigenvalue weighted by molar-refractivity contribution is 5.85. The minimum absolute atomic E-state index is 0.134. The first kappa shape index (κ1) is 10.9. The third kappa shape index (κ3) is 3.37. The molecule has 0 aliphatic rings. The molecule has 0 aromatic carbocycles. The topological polar surface area (TPSA) is 55.4 Å². The third-order valence-electron chi connectivity index (χ3n) is 1.38. The van der Waals surface area contributed by atoms with Crippen LogP contribution in [0.15, 0.2) is 0 Å². The highest BCUT2D eigenvalue weighted by atomic mass is 16.5. The van der Waals surface area contributed by atoms with Crippen molar-refractivity contribution in [3.05, 3.63) is 7.11 Å². The van der Waals surface area contributed by atoms with Crippen LogP contribution in [-0.2, 0) is 14.3 Å². The number of nitrogens with one attached hydrogen (secondary N) is 1. The van der Waals surface area contributed by atoms with Gasteiger partial charge in [0, 0.05) is 5.92 Å². The van der Waals surface area contributed by atoms with Crippen molar-refractivity contribution < 1.29 is 14.3 Å². The normalized spacial score (nSPS) is 12.4. The summed E-state index contributed by atoms with van der Waals surface area (Å²) in [7, 11) is 2.96. The Bertz CT molecular complexity index is 177. The molecule has 0 rings (SSSR count). The van der Waals surface area contributed by atoms with Gasteiger partial charge < -0.3 is 10.1 Å². The molecule has 1 amide bonds. The number of hydrogen-bond donors (Lipinski definition) is 1. The predicted octanol–water partition coefficient (Wildman–Crippen LogP) is 0.482. The molecule has 1 atom stereocenters. The van der Waals surface area contributed by atoms with E-state index < -0.39 is 12.0 Å². The molecule has 1 N–H and O–H groups in total. The number of ether oxygens (including phenoxy) is 1. The maximum Gasteiger partial charge on any atom is 0.328 e. The van der Waals surface area contributed by atoms with E-state index in [0.717, 1.165) is 0 Å². The molecular weight excluding hydrogens is 158 g/mol. The van der Waals surface area contributed by atoms with Gasteiger partial charge in [-0.15, -0.1) is 0 Å². The Morgan fingerprint density at radius 1 is 1.33 bits per heavy atom. The maximum absolute atomic E-state index is 11.0. The molecule has 0 unspecified atom stereocenters. The van der Waals surface area contributed by atoms with Crippen LogP contribution in [-0.4, -0.2) is 17.9 Å². The summed E-state index contributed by atoms with van der Waals surface area (Å²) in [5.74, 6) is -0.845. The Morgan fingerprint density at radius 3 is 2.17 bits per heavy atom. The van der Waals surface area contributed by atoms with E-state index in [4.69, 9.17) is 0 Å². The average Bonchev–Trinajstić information content (AvgIpc) is 2.02. The van der Waals surface area contributed by atoms with E-state index in [0.29, 0.717) is 0 Å². The maximum atomic E-state index is 11.0. The van der Waals surface area contributed by atoms with Gasteiger partial charge in [0.15, 0.2) is 0 Å². The van der Waals surface area contributed by atoms with Crippen molar-refractivity contribution in [2.45, 2.75) is 26.8 Å². The van der Waals surface area contributed by atoms with Gasteiger partial charge in [0.2, 0.25) is 5.91 Å². The van der Waals surface area contributed by atoms with Crippen LogP contribution in [0.3, 0.4) is 0 Å². The Balaban J connectivity index is 3.92. The summed E-state index contributed by atoms with van der Waals surface area (Å²) >= 11 is 0. The highest BCUT2D eigenvalue weighted by Gasteiger charge is 2.16. The Morgan fingerprint density at radius 2 is 1.83 bits per heavy atom. The third-order valence-corrected chi connectivity index (χ3v) is 1.38. The molecule has 12 heavy (non-hydrogen) atoms. The summed E-state index contributed by atoms with van der Waals surface area (Å²) in [4.78, 5) is 21.8. The standard InChI is InChI=1S/C8H14NO3/c1-5(2)7(10)9-6(3)8(11)12-4/h5-6H,4H2,1-3H3,(H,9,10)/t6-/m0/s1. The van der Waals surface area contributed by atoms with Gasteiger partial charge in [0.1, 0.15) is 13.2 Å². The van der Waals surface area contributed by atoms with Crippen LogP contribution < -0.4 is 5.32 Å². The van der Waals surface area contributed by atoms with Gasteiger partial charge in [-0.1, -0.05) is 13.8 Å². The summed E-state index contributed by atoms with van der Waals surface area (Å²) in [5.41, 5.74) is 0.